The van der Waals surface area contributed by atoms with Gasteiger partial charge >= 0.3 is 5.97 Å². The Balaban J connectivity index is 1.92. The maximum Gasteiger partial charge on any atom is 0.303 e. The zero-order chi connectivity index (χ0) is 17.5. The molecule has 24 heavy (non-hydrogen) atoms. The van der Waals surface area contributed by atoms with Gasteiger partial charge in [0.05, 0.1) is 5.69 Å². The average molecular weight is 337 g/mol. The maximum absolute atomic E-state index is 14.4. The number of likely N-dealkylation sites (N-methyl/N-ethyl adjacent to an activating group) is 1. The quantitative estimate of drug-likeness (QED) is 0.739. The minimum Gasteiger partial charge on any atom is -0.481 e. The van der Waals surface area contributed by atoms with E-state index in [-0.39, 0.29) is 24.4 Å². The lowest BCUT2D eigenvalue weighted by Gasteiger charge is -2.35. The number of piperazine rings is 1. The van der Waals surface area contributed by atoms with E-state index in [1.165, 1.54) is 6.07 Å². The van der Waals surface area contributed by atoms with Crippen molar-refractivity contribution in [3.63, 3.8) is 0 Å². The van der Waals surface area contributed by atoms with Crippen LogP contribution in [0.25, 0.3) is 0 Å². The number of aliphatic carboxylic acids is 1. The van der Waals surface area contributed by atoms with E-state index in [0.29, 0.717) is 12.1 Å². The highest BCUT2D eigenvalue weighted by Crippen LogP contribution is 2.22. The van der Waals surface area contributed by atoms with Gasteiger partial charge in [0.25, 0.3) is 5.91 Å². The van der Waals surface area contributed by atoms with E-state index in [1.807, 2.05) is 4.90 Å². The van der Waals surface area contributed by atoms with Crippen molar-refractivity contribution in [2.75, 3.05) is 44.2 Å². The Morgan fingerprint density at radius 1 is 1.25 bits per heavy atom. The zero-order valence-electron chi connectivity index (χ0n) is 13.9. The molecule has 1 aromatic rings. The second-order valence-corrected chi connectivity index (χ2v) is 5.84. The predicted octanol–water partition coefficient (Wildman–Crippen LogP) is 1.56. The van der Waals surface area contributed by atoms with E-state index in [4.69, 9.17) is 5.11 Å². The van der Waals surface area contributed by atoms with Crippen LogP contribution in [-0.4, -0.2) is 61.2 Å². The number of carboxylic acids is 1. The van der Waals surface area contributed by atoms with Gasteiger partial charge in [0.2, 0.25) is 0 Å². The normalized spacial score (nSPS) is 15.3. The molecule has 0 atom stereocenters. The molecule has 0 unspecified atom stereocenters. The molecule has 1 aliphatic heterocycles. The SMILES string of the molecule is CCN1CCN(c2ccc(C(=O)NCCCC(=O)O)cc2F)CC1. The highest BCUT2D eigenvalue weighted by atomic mass is 19.1. The molecule has 1 heterocycles. The fraction of sp³-hybridized carbons (Fsp3) is 0.529. The Hall–Kier alpha value is -2.15. The molecule has 0 spiro atoms. The molecule has 1 aromatic carbocycles. The largest absolute Gasteiger partial charge is 0.481 e. The monoisotopic (exact) mass is 337 g/mol. The first-order valence-electron chi connectivity index (χ1n) is 8.28. The summed E-state index contributed by atoms with van der Waals surface area (Å²) in [5.74, 6) is -1.69. The van der Waals surface area contributed by atoms with E-state index in [1.54, 1.807) is 12.1 Å². The summed E-state index contributed by atoms with van der Waals surface area (Å²) in [5.41, 5.74) is 0.770. The lowest BCUT2D eigenvalue weighted by molar-refractivity contribution is -0.137. The van der Waals surface area contributed by atoms with Crippen LogP contribution in [0.4, 0.5) is 10.1 Å². The first kappa shape index (κ1) is 18.2. The topological polar surface area (TPSA) is 72.9 Å². The van der Waals surface area contributed by atoms with Gasteiger partial charge < -0.3 is 20.2 Å². The predicted molar refractivity (Wildman–Crippen MR) is 89.9 cm³/mol. The van der Waals surface area contributed by atoms with Gasteiger partial charge in [-0.1, -0.05) is 6.92 Å². The number of halogens is 1. The first-order chi connectivity index (χ1) is 11.5. The van der Waals surface area contributed by atoms with Gasteiger partial charge in [0.1, 0.15) is 5.82 Å². The standard InChI is InChI=1S/C17H24FN3O3/c1-2-20-8-10-21(11-9-20)15-6-5-13(12-14(15)18)17(24)19-7-3-4-16(22)23/h5-6,12H,2-4,7-11H2,1H3,(H,19,24)(H,22,23). The molecule has 132 valence electrons. The van der Waals surface area contributed by atoms with Crippen molar-refractivity contribution in [1.29, 1.82) is 0 Å². The van der Waals surface area contributed by atoms with Crippen LogP contribution < -0.4 is 10.2 Å². The van der Waals surface area contributed by atoms with E-state index >= 15 is 0 Å². The molecule has 0 aliphatic carbocycles. The third kappa shape index (κ3) is 4.92. The number of hydrogen-bond donors (Lipinski definition) is 2. The number of anilines is 1. The number of carbonyl (C=O) groups is 2. The number of carboxylic acid groups (broad SMARTS) is 1. The van der Waals surface area contributed by atoms with Crippen molar-refractivity contribution in [1.82, 2.24) is 10.2 Å². The van der Waals surface area contributed by atoms with Crippen LogP contribution in [0.15, 0.2) is 18.2 Å². The smallest absolute Gasteiger partial charge is 0.303 e. The fourth-order valence-electron chi connectivity index (χ4n) is 2.75. The highest BCUT2D eigenvalue weighted by molar-refractivity contribution is 5.94. The number of hydrogen-bond acceptors (Lipinski definition) is 4. The van der Waals surface area contributed by atoms with E-state index in [2.05, 4.69) is 17.1 Å². The molecule has 2 N–H and O–H groups in total. The number of carbonyl (C=O) groups excluding carboxylic acids is 1. The van der Waals surface area contributed by atoms with Gasteiger partial charge in [-0.2, -0.15) is 0 Å². The third-order valence-electron chi connectivity index (χ3n) is 4.22. The zero-order valence-corrected chi connectivity index (χ0v) is 13.9. The van der Waals surface area contributed by atoms with Crippen LogP contribution in [0.5, 0.6) is 0 Å². The lowest BCUT2D eigenvalue weighted by atomic mass is 10.1. The molecule has 1 saturated heterocycles. The molecule has 0 saturated carbocycles. The first-order valence-corrected chi connectivity index (χ1v) is 8.28. The van der Waals surface area contributed by atoms with Crippen LogP contribution in [0.1, 0.15) is 30.1 Å². The highest BCUT2D eigenvalue weighted by Gasteiger charge is 2.19. The average Bonchev–Trinajstić information content (AvgIpc) is 2.58. The Kier molecular flexibility index (Phi) is 6.54. The van der Waals surface area contributed by atoms with E-state index < -0.39 is 11.8 Å². The van der Waals surface area contributed by atoms with Crippen molar-refractivity contribution in [3.05, 3.63) is 29.6 Å². The summed E-state index contributed by atoms with van der Waals surface area (Å²) < 4.78 is 14.4. The van der Waals surface area contributed by atoms with Gasteiger partial charge in [-0.3, -0.25) is 9.59 Å². The number of rotatable bonds is 7. The Bertz CT molecular complexity index is 586. The fourth-order valence-corrected chi connectivity index (χ4v) is 2.75. The van der Waals surface area contributed by atoms with Crippen molar-refractivity contribution in [3.8, 4) is 0 Å². The van der Waals surface area contributed by atoms with E-state index in [0.717, 1.165) is 32.7 Å². The summed E-state index contributed by atoms with van der Waals surface area (Å²) in [6, 6.07) is 4.49. The van der Waals surface area contributed by atoms with Crippen molar-refractivity contribution in [2.45, 2.75) is 19.8 Å². The number of benzene rings is 1. The number of amides is 1. The molecule has 1 fully saturated rings. The molecular formula is C17H24FN3O3. The summed E-state index contributed by atoms with van der Waals surface area (Å²) in [6.07, 6.45) is 0.348. The van der Waals surface area contributed by atoms with Gasteiger partial charge in [-0.25, -0.2) is 4.39 Å². The molecule has 1 amide bonds. The molecule has 7 heteroatoms. The molecule has 0 radical (unpaired) electrons. The molecule has 6 nitrogen and oxygen atoms in total. The van der Waals surface area contributed by atoms with Crippen LogP contribution in [0.2, 0.25) is 0 Å². The summed E-state index contributed by atoms with van der Waals surface area (Å²) in [7, 11) is 0. The summed E-state index contributed by atoms with van der Waals surface area (Å²) in [5, 5.41) is 11.2. The second kappa shape index (κ2) is 8.63. The van der Waals surface area contributed by atoms with Crippen molar-refractivity contribution in [2.24, 2.45) is 0 Å². The second-order valence-electron chi connectivity index (χ2n) is 5.84. The van der Waals surface area contributed by atoms with Crippen molar-refractivity contribution < 1.29 is 19.1 Å². The number of nitrogens with one attached hydrogen (secondary N) is 1. The molecule has 0 bridgehead atoms. The minimum atomic E-state index is -0.900. The van der Waals surface area contributed by atoms with Gasteiger partial charge in [-0.15, -0.1) is 0 Å². The van der Waals surface area contributed by atoms with Gasteiger partial charge in [-0.05, 0) is 31.2 Å². The van der Waals surface area contributed by atoms with Crippen LogP contribution in [0.3, 0.4) is 0 Å². The van der Waals surface area contributed by atoms with Gasteiger partial charge in [0.15, 0.2) is 0 Å². The van der Waals surface area contributed by atoms with E-state index in [9.17, 15) is 14.0 Å². The molecular weight excluding hydrogens is 313 g/mol. The molecule has 1 aliphatic rings. The third-order valence-corrected chi connectivity index (χ3v) is 4.22. The summed E-state index contributed by atoms with van der Waals surface area (Å²) >= 11 is 0. The Morgan fingerprint density at radius 2 is 1.96 bits per heavy atom. The molecule has 0 aromatic heterocycles. The lowest BCUT2D eigenvalue weighted by Crippen LogP contribution is -2.46. The van der Waals surface area contributed by atoms with Crippen LogP contribution in [-0.2, 0) is 4.79 Å². The molecule has 2 rings (SSSR count). The Morgan fingerprint density at radius 3 is 2.54 bits per heavy atom. The minimum absolute atomic E-state index is 0.00266. The Labute approximate surface area is 141 Å². The summed E-state index contributed by atoms with van der Waals surface area (Å²) in [4.78, 5) is 26.7. The van der Waals surface area contributed by atoms with Crippen molar-refractivity contribution >= 4 is 17.6 Å². The summed E-state index contributed by atoms with van der Waals surface area (Å²) in [6.45, 7) is 6.71. The maximum atomic E-state index is 14.4. The van der Waals surface area contributed by atoms with Gasteiger partial charge in [0, 0.05) is 44.7 Å². The van der Waals surface area contributed by atoms with Crippen LogP contribution >= 0.6 is 0 Å². The number of nitrogens with zero attached hydrogens (tertiary/aromatic N) is 2. The van der Waals surface area contributed by atoms with Crippen LogP contribution in [0, 0.1) is 5.82 Å².